The Kier molecular flexibility index (Phi) is 5.30. The number of nitrogens with one attached hydrogen (secondary N) is 1. The Morgan fingerprint density at radius 2 is 2.12 bits per heavy atom. The highest BCUT2D eigenvalue weighted by Crippen LogP contribution is 2.17. The number of amides is 1. The van der Waals surface area contributed by atoms with Gasteiger partial charge in [-0.2, -0.15) is 11.8 Å². The fourth-order valence-corrected chi connectivity index (χ4v) is 3.83. The first-order valence-corrected chi connectivity index (χ1v) is 9.46. The van der Waals surface area contributed by atoms with Gasteiger partial charge in [-0.15, -0.1) is 0 Å². The number of carbonyl (C=O) groups excluding carboxylic acids is 1. The van der Waals surface area contributed by atoms with Crippen molar-refractivity contribution in [2.75, 3.05) is 45.2 Å². The minimum Gasteiger partial charge on any atom is -0.338 e. The van der Waals surface area contributed by atoms with Crippen LogP contribution in [0.5, 0.6) is 0 Å². The molecule has 0 saturated carbocycles. The third-order valence-electron chi connectivity index (χ3n) is 4.30. The normalized spacial score (nSPS) is 15.9. The highest BCUT2D eigenvalue weighted by molar-refractivity contribution is 7.99. The Bertz CT molecular complexity index is 772. The molecule has 6 nitrogen and oxygen atoms in total. The number of hydrogen-bond donors (Lipinski definition) is 1. The molecule has 130 valence electrons. The molecule has 0 unspecified atom stereocenters. The van der Waals surface area contributed by atoms with Crippen LogP contribution in [0.25, 0.3) is 11.0 Å². The molecule has 0 aliphatic carbocycles. The second-order valence-electron chi connectivity index (χ2n) is 6.38. The molecule has 1 aliphatic heterocycles. The summed E-state index contributed by atoms with van der Waals surface area (Å²) in [6.07, 6.45) is 1.04. The number of nitrogens with zero attached hydrogens (tertiary/aromatic N) is 3. The summed E-state index contributed by atoms with van der Waals surface area (Å²) in [5.41, 5.74) is 2.12. The molecule has 0 spiro atoms. The van der Waals surface area contributed by atoms with E-state index in [1.807, 2.05) is 53.9 Å². The van der Waals surface area contributed by atoms with Gasteiger partial charge in [0, 0.05) is 37.5 Å². The minimum atomic E-state index is -0.123. The predicted molar refractivity (Wildman–Crippen MR) is 99.0 cm³/mol. The molecule has 24 heavy (non-hydrogen) atoms. The average molecular weight is 348 g/mol. The number of carbonyl (C=O) groups is 1. The lowest BCUT2D eigenvalue weighted by molar-refractivity contribution is 0.0768. The van der Waals surface area contributed by atoms with E-state index in [2.05, 4.69) is 4.98 Å². The number of hydrogen-bond acceptors (Lipinski definition) is 4. The molecule has 1 aromatic carbocycles. The Balaban J connectivity index is 1.90. The second kappa shape index (κ2) is 7.44. The van der Waals surface area contributed by atoms with Crippen molar-refractivity contribution in [1.29, 1.82) is 0 Å². The first-order valence-electron chi connectivity index (χ1n) is 8.30. The van der Waals surface area contributed by atoms with Crippen molar-refractivity contribution in [1.82, 2.24) is 19.4 Å². The number of aromatic amines is 1. The molecule has 0 atom stereocenters. The van der Waals surface area contributed by atoms with Crippen LogP contribution in [-0.4, -0.2) is 70.5 Å². The van der Waals surface area contributed by atoms with E-state index in [1.54, 1.807) is 4.57 Å². The average Bonchev–Trinajstić information content (AvgIpc) is 2.74. The summed E-state index contributed by atoms with van der Waals surface area (Å²) < 4.78 is 1.71. The maximum absolute atomic E-state index is 12.8. The van der Waals surface area contributed by atoms with Crippen molar-refractivity contribution in [2.24, 2.45) is 0 Å². The third-order valence-corrected chi connectivity index (χ3v) is 5.35. The van der Waals surface area contributed by atoms with Crippen LogP contribution in [-0.2, 0) is 6.54 Å². The number of rotatable bonds is 4. The topological polar surface area (TPSA) is 61.3 Å². The summed E-state index contributed by atoms with van der Waals surface area (Å²) in [6.45, 7) is 2.98. The SMILES string of the molecule is CN(C)CCn1c(=O)[nH]c2ccc(C(=O)N3CCCSCC3)cc21. The van der Waals surface area contributed by atoms with Gasteiger partial charge < -0.3 is 14.8 Å². The van der Waals surface area contributed by atoms with Crippen LogP contribution in [0.4, 0.5) is 0 Å². The van der Waals surface area contributed by atoms with E-state index in [4.69, 9.17) is 0 Å². The van der Waals surface area contributed by atoms with Crippen molar-refractivity contribution < 1.29 is 4.79 Å². The molecule has 0 radical (unpaired) electrons. The van der Waals surface area contributed by atoms with E-state index < -0.39 is 0 Å². The van der Waals surface area contributed by atoms with Gasteiger partial charge >= 0.3 is 5.69 Å². The summed E-state index contributed by atoms with van der Waals surface area (Å²) >= 11 is 1.90. The molecule has 1 aromatic heterocycles. The van der Waals surface area contributed by atoms with E-state index in [-0.39, 0.29) is 11.6 Å². The summed E-state index contributed by atoms with van der Waals surface area (Å²) in [7, 11) is 3.96. The number of thioether (sulfide) groups is 1. The number of fused-ring (bicyclic) bond motifs is 1. The standard InChI is InChI=1S/C17H24N4O2S/c1-19(2)7-8-21-15-12-13(4-5-14(15)18-17(21)23)16(22)20-6-3-10-24-11-9-20/h4-5,12H,3,6-11H2,1-2H3,(H,18,23). The molecule has 7 heteroatoms. The fourth-order valence-electron chi connectivity index (χ4n) is 2.94. The summed E-state index contributed by atoms with van der Waals surface area (Å²) in [5, 5.41) is 0. The van der Waals surface area contributed by atoms with E-state index in [1.165, 1.54) is 0 Å². The van der Waals surface area contributed by atoms with Gasteiger partial charge in [0.2, 0.25) is 0 Å². The first-order chi connectivity index (χ1) is 11.6. The number of aromatic nitrogens is 2. The number of imidazole rings is 1. The highest BCUT2D eigenvalue weighted by atomic mass is 32.2. The van der Waals surface area contributed by atoms with E-state index in [9.17, 15) is 9.59 Å². The Morgan fingerprint density at radius 3 is 2.92 bits per heavy atom. The third kappa shape index (κ3) is 3.67. The van der Waals surface area contributed by atoms with Crippen LogP contribution >= 0.6 is 11.8 Å². The van der Waals surface area contributed by atoms with E-state index in [0.717, 1.165) is 48.6 Å². The Morgan fingerprint density at radius 1 is 1.29 bits per heavy atom. The summed E-state index contributed by atoms with van der Waals surface area (Å²) in [6, 6.07) is 5.50. The fraction of sp³-hybridized carbons (Fsp3) is 0.529. The van der Waals surface area contributed by atoms with Gasteiger partial charge in [0.05, 0.1) is 11.0 Å². The van der Waals surface area contributed by atoms with Gasteiger partial charge in [-0.1, -0.05) is 0 Å². The number of H-pyrrole nitrogens is 1. The van der Waals surface area contributed by atoms with Crippen LogP contribution in [0.2, 0.25) is 0 Å². The molecule has 1 amide bonds. The molecular weight excluding hydrogens is 324 g/mol. The van der Waals surface area contributed by atoms with Crippen LogP contribution in [0, 0.1) is 0 Å². The smallest absolute Gasteiger partial charge is 0.326 e. The molecule has 1 N–H and O–H groups in total. The van der Waals surface area contributed by atoms with Gasteiger partial charge in [0.1, 0.15) is 0 Å². The van der Waals surface area contributed by atoms with Gasteiger partial charge in [-0.05, 0) is 44.5 Å². The van der Waals surface area contributed by atoms with Crippen molar-refractivity contribution in [3.05, 3.63) is 34.2 Å². The predicted octanol–water partition coefficient (Wildman–Crippen LogP) is 1.47. The summed E-state index contributed by atoms with van der Waals surface area (Å²) in [4.78, 5) is 31.8. The van der Waals surface area contributed by atoms with Crippen molar-refractivity contribution in [2.45, 2.75) is 13.0 Å². The van der Waals surface area contributed by atoms with Crippen LogP contribution in [0.15, 0.2) is 23.0 Å². The highest BCUT2D eigenvalue weighted by Gasteiger charge is 2.18. The zero-order valence-corrected chi connectivity index (χ0v) is 15.1. The van der Waals surface area contributed by atoms with Crippen molar-refractivity contribution in [3.8, 4) is 0 Å². The molecule has 0 bridgehead atoms. The maximum Gasteiger partial charge on any atom is 0.326 e. The molecule has 2 heterocycles. The Labute approximate surface area is 145 Å². The van der Waals surface area contributed by atoms with Crippen molar-refractivity contribution in [3.63, 3.8) is 0 Å². The Hall–Kier alpha value is -1.73. The van der Waals surface area contributed by atoms with Crippen LogP contribution in [0.3, 0.4) is 0 Å². The van der Waals surface area contributed by atoms with Crippen LogP contribution < -0.4 is 5.69 Å². The lowest BCUT2D eigenvalue weighted by atomic mass is 10.1. The van der Waals surface area contributed by atoms with Crippen molar-refractivity contribution >= 4 is 28.7 Å². The number of likely N-dealkylation sites (N-methyl/N-ethyl adjacent to an activating group) is 1. The lowest BCUT2D eigenvalue weighted by Gasteiger charge is -2.20. The van der Waals surface area contributed by atoms with Crippen LogP contribution in [0.1, 0.15) is 16.8 Å². The minimum absolute atomic E-state index is 0.0622. The van der Waals surface area contributed by atoms with E-state index in [0.29, 0.717) is 12.1 Å². The largest absolute Gasteiger partial charge is 0.338 e. The van der Waals surface area contributed by atoms with Gasteiger partial charge in [-0.3, -0.25) is 9.36 Å². The second-order valence-corrected chi connectivity index (χ2v) is 7.60. The van der Waals surface area contributed by atoms with Gasteiger partial charge in [0.25, 0.3) is 5.91 Å². The molecule has 2 aromatic rings. The van der Waals surface area contributed by atoms with Gasteiger partial charge in [0.15, 0.2) is 0 Å². The molecular formula is C17H24N4O2S. The summed E-state index contributed by atoms with van der Waals surface area (Å²) in [5.74, 6) is 2.17. The van der Waals surface area contributed by atoms with Gasteiger partial charge in [-0.25, -0.2) is 4.79 Å². The maximum atomic E-state index is 12.8. The zero-order chi connectivity index (χ0) is 17.1. The monoisotopic (exact) mass is 348 g/mol. The number of benzene rings is 1. The molecule has 1 aliphatic rings. The zero-order valence-electron chi connectivity index (χ0n) is 14.2. The lowest BCUT2D eigenvalue weighted by Crippen LogP contribution is -2.32. The van der Waals surface area contributed by atoms with E-state index >= 15 is 0 Å². The first kappa shape index (κ1) is 17.1. The molecule has 1 saturated heterocycles. The molecule has 1 fully saturated rings. The molecule has 3 rings (SSSR count). The quantitative estimate of drug-likeness (QED) is 0.909.